The molecule has 0 aromatic carbocycles. The average molecular weight is 249 g/mol. The molecule has 0 bridgehead atoms. The number of amides is 1. The van der Waals surface area contributed by atoms with Crippen LogP contribution in [0.1, 0.15) is 43.7 Å². The number of likely N-dealkylation sites (tertiary alicyclic amines) is 1. The first-order chi connectivity index (χ1) is 8.66. The molecule has 2 fully saturated rings. The molecule has 2 aliphatic rings. The van der Waals surface area contributed by atoms with Crippen LogP contribution in [0.2, 0.25) is 0 Å². The van der Waals surface area contributed by atoms with Gasteiger partial charge in [-0.15, -0.1) is 0 Å². The van der Waals surface area contributed by atoms with Crippen LogP contribution in [0.4, 0.5) is 0 Å². The third-order valence-corrected chi connectivity index (χ3v) is 4.17. The van der Waals surface area contributed by atoms with Gasteiger partial charge in [0.25, 0.3) is 0 Å². The first-order valence-corrected chi connectivity index (χ1v) is 6.65. The second-order valence-corrected chi connectivity index (χ2v) is 5.39. The van der Waals surface area contributed by atoms with Gasteiger partial charge in [0.2, 0.25) is 5.91 Å². The number of carbonyl (C=O) groups is 1. The van der Waals surface area contributed by atoms with Crippen molar-refractivity contribution in [1.29, 1.82) is 0 Å². The Morgan fingerprint density at radius 2 is 2.17 bits per heavy atom. The molecule has 2 heterocycles. The van der Waals surface area contributed by atoms with E-state index in [1.807, 2.05) is 13.2 Å². The summed E-state index contributed by atoms with van der Waals surface area (Å²) in [5, 5.41) is 14.2. The van der Waals surface area contributed by atoms with Gasteiger partial charge in [0.05, 0.1) is 12.2 Å². The highest BCUT2D eigenvalue weighted by Crippen LogP contribution is 2.39. The normalized spacial score (nSPS) is 28.4. The summed E-state index contributed by atoms with van der Waals surface area (Å²) in [6.07, 6.45) is 7.68. The Hall–Kier alpha value is -1.36. The summed E-state index contributed by atoms with van der Waals surface area (Å²) >= 11 is 0. The number of aryl methyl sites for hydroxylation is 1. The topological polar surface area (TPSA) is 58.4 Å². The molecule has 1 saturated heterocycles. The Morgan fingerprint density at radius 1 is 1.39 bits per heavy atom. The summed E-state index contributed by atoms with van der Waals surface area (Å²) in [5.41, 5.74) is 1.03. The van der Waals surface area contributed by atoms with Gasteiger partial charge >= 0.3 is 0 Å². The number of aliphatic hydroxyl groups is 1. The van der Waals surface area contributed by atoms with Crippen LogP contribution in [0.25, 0.3) is 0 Å². The molecule has 18 heavy (non-hydrogen) atoms. The predicted molar refractivity (Wildman–Crippen MR) is 65.4 cm³/mol. The van der Waals surface area contributed by atoms with E-state index in [9.17, 15) is 9.90 Å². The van der Waals surface area contributed by atoms with E-state index in [1.165, 1.54) is 0 Å². The van der Waals surface area contributed by atoms with Crippen molar-refractivity contribution in [1.82, 2.24) is 14.7 Å². The first-order valence-electron chi connectivity index (χ1n) is 6.65. The fourth-order valence-corrected chi connectivity index (χ4v) is 2.90. The molecule has 1 N–H and O–H groups in total. The average Bonchev–Trinajstić information content (AvgIpc) is 2.81. The lowest BCUT2D eigenvalue weighted by Crippen LogP contribution is -2.42. The predicted octanol–water partition coefficient (Wildman–Crippen LogP) is 1.20. The summed E-state index contributed by atoms with van der Waals surface area (Å²) in [7, 11) is 1.87. The first kappa shape index (κ1) is 11.7. The molecule has 5 nitrogen and oxygen atoms in total. The standard InChI is InChI=1S/C13H19N3O2/c1-15-8-10(7-14-15)11-5-6-12(17)16(11)13(18)9-3-2-4-9/h7-9,11-12,17H,2-6H2,1H3. The van der Waals surface area contributed by atoms with E-state index >= 15 is 0 Å². The minimum Gasteiger partial charge on any atom is -0.374 e. The summed E-state index contributed by atoms with van der Waals surface area (Å²) < 4.78 is 1.74. The van der Waals surface area contributed by atoms with Gasteiger partial charge in [0.1, 0.15) is 6.23 Å². The number of nitrogens with zero attached hydrogens (tertiary/aromatic N) is 3. The Morgan fingerprint density at radius 3 is 2.72 bits per heavy atom. The fourth-order valence-electron chi connectivity index (χ4n) is 2.90. The van der Waals surface area contributed by atoms with Crippen LogP contribution in [0.15, 0.2) is 12.4 Å². The van der Waals surface area contributed by atoms with Crippen LogP contribution in [0, 0.1) is 5.92 Å². The van der Waals surface area contributed by atoms with E-state index in [-0.39, 0.29) is 17.9 Å². The lowest BCUT2D eigenvalue weighted by Gasteiger charge is -2.34. The van der Waals surface area contributed by atoms with Crippen LogP contribution < -0.4 is 0 Å². The largest absolute Gasteiger partial charge is 0.374 e. The Balaban J connectivity index is 1.82. The molecule has 0 radical (unpaired) electrons. The van der Waals surface area contributed by atoms with Crippen molar-refractivity contribution >= 4 is 5.91 Å². The number of aromatic nitrogens is 2. The van der Waals surface area contributed by atoms with E-state index in [2.05, 4.69) is 5.10 Å². The van der Waals surface area contributed by atoms with E-state index in [0.29, 0.717) is 6.42 Å². The Bertz CT molecular complexity index is 453. The molecule has 5 heteroatoms. The molecular weight excluding hydrogens is 230 g/mol. The maximum atomic E-state index is 12.4. The minimum atomic E-state index is -0.622. The minimum absolute atomic E-state index is 0.00167. The highest BCUT2D eigenvalue weighted by molar-refractivity contribution is 5.80. The molecule has 1 aromatic heterocycles. The van der Waals surface area contributed by atoms with Crippen LogP contribution in [0.3, 0.4) is 0 Å². The van der Waals surface area contributed by atoms with Crippen molar-refractivity contribution in [3.63, 3.8) is 0 Å². The third kappa shape index (κ3) is 1.82. The second-order valence-electron chi connectivity index (χ2n) is 5.39. The van der Waals surface area contributed by atoms with Gasteiger partial charge in [0, 0.05) is 24.7 Å². The van der Waals surface area contributed by atoms with Crippen LogP contribution >= 0.6 is 0 Å². The number of carbonyl (C=O) groups excluding carboxylic acids is 1. The monoisotopic (exact) mass is 249 g/mol. The van der Waals surface area contributed by atoms with Crippen LogP contribution in [-0.4, -0.2) is 31.9 Å². The number of aliphatic hydroxyl groups excluding tert-OH is 1. The van der Waals surface area contributed by atoms with E-state index in [1.54, 1.807) is 15.8 Å². The molecule has 1 amide bonds. The van der Waals surface area contributed by atoms with Crippen molar-refractivity contribution in [3.8, 4) is 0 Å². The zero-order valence-corrected chi connectivity index (χ0v) is 10.6. The van der Waals surface area contributed by atoms with Gasteiger partial charge < -0.3 is 10.0 Å². The molecule has 0 spiro atoms. The van der Waals surface area contributed by atoms with Crippen molar-refractivity contribution < 1.29 is 9.90 Å². The SMILES string of the molecule is Cn1cc(C2CCC(O)N2C(=O)C2CCC2)cn1. The summed E-state index contributed by atoms with van der Waals surface area (Å²) in [5.74, 6) is 0.261. The molecule has 2 atom stereocenters. The molecule has 98 valence electrons. The zero-order valence-electron chi connectivity index (χ0n) is 10.6. The summed E-state index contributed by atoms with van der Waals surface area (Å²) in [4.78, 5) is 14.0. The van der Waals surface area contributed by atoms with E-state index in [0.717, 1.165) is 31.2 Å². The zero-order chi connectivity index (χ0) is 12.7. The third-order valence-electron chi connectivity index (χ3n) is 4.17. The lowest BCUT2D eigenvalue weighted by atomic mass is 9.84. The van der Waals surface area contributed by atoms with E-state index < -0.39 is 6.23 Å². The summed E-state index contributed by atoms with van der Waals surface area (Å²) in [6, 6.07) is 0.00167. The van der Waals surface area contributed by atoms with Crippen molar-refractivity contribution in [2.75, 3.05) is 0 Å². The van der Waals surface area contributed by atoms with Gasteiger partial charge in [-0.3, -0.25) is 9.48 Å². The van der Waals surface area contributed by atoms with Gasteiger partial charge in [-0.2, -0.15) is 5.10 Å². The summed E-state index contributed by atoms with van der Waals surface area (Å²) in [6.45, 7) is 0. The second kappa shape index (κ2) is 4.39. The maximum Gasteiger partial charge on any atom is 0.228 e. The van der Waals surface area contributed by atoms with Gasteiger partial charge in [-0.25, -0.2) is 0 Å². The number of hydrogen-bond donors (Lipinski definition) is 1. The molecule has 1 aromatic rings. The quantitative estimate of drug-likeness (QED) is 0.857. The highest BCUT2D eigenvalue weighted by Gasteiger charge is 2.41. The number of rotatable bonds is 2. The lowest BCUT2D eigenvalue weighted by molar-refractivity contribution is -0.148. The molecule has 2 unspecified atom stereocenters. The highest BCUT2D eigenvalue weighted by atomic mass is 16.3. The van der Waals surface area contributed by atoms with Gasteiger partial charge in [-0.1, -0.05) is 6.42 Å². The smallest absolute Gasteiger partial charge is 0.228 e. The molecule has 3 rings (SSSR count). The molecule has 1 aliphatic carbocycles. The van der Waals surface area contributed by atoms with Crippen molar-refractivity contribution in [2.24, 2.45) is 13.0 Å². The van der Waals surface area contributed by atoms with Crippen LogP contribution in [0.5, 0.6) is 0 Å². The fraction of sp³-hybridized carbons (Fsp3) is 0.692. The molecule has 1 saturated carbocycles. The van der Waals surface area contributed by atoms with Gasteiger partial charge in [0.15, 0.2) is 0 Å². The van der Waals surface area contributed by atoms with Crippen molar-refractivity contribution in [3.05, 3.63) is 18.0 Å². The number of hydrogen-bond acceptors (Lipinski definition) is 3. The Kier molecular flexibility index (Phi) is 2.86. The Labute approximate surface area is 106 Å². The van der Waals surface area contributed by atoms with Crippen molar-refractivity contribution in [2.45, 2.75) is 44.4 Å². The van der Waals surface area contributed by atoms with Crippen LogP contribution in [-0.2, 0) is 11.8 Å². The molecular formula is C13H19N3O2. The maximum absolute atomic E-state index is 12.4. The molecule has 1 aliphatic heterocycles. The van der Waals surface area contributed by atoms with E-state index in [4.69, 9.17) is 0 Å². The van der Waals surface area contributed by atoms with Gasteiger partial charge in [-0.05, 0) is 25.7 Å².